The normalized spacial score (nSPS) is 11.0. The van der Waals surface area contributed by atoms with Gasteiger partial charge in [0.2, 0.25) is 6.17 Å². The molecule has 5 aromatic rings. The molecule has 0 aliphatic carbocycles. The van der Waals surface area contributed by atoms with E-state index in [9.17, 15) is 0 Å². The van der Waals surface area contributed by atoms with Crippen LogP contribution in [-0.2, 0) is 0 Å². The van der Waals surface area contributed by atoms with Crippen LogP contribution in [0.4, 0.5) is 0 Å². The second kappa shape index (κ2) is 6.90. The van der Waals surface area contributed by atoms with Crippen LogP contribution in [0.3, 0.4) is 0 Å². The second-order valence-electron chi connectivity index (χ2n) is 5.94. The van der Waals surface area contributed by atoms with Crippen molar-refractivity contribution in [2.24, 2.45) is 0 Å². The molecule has 5 rings (SSSR count). The fourth-order valence-electron chi connectivity index (χ4n) is 2.95. The van der Waals surface area contributed by atoms with Crippen LogP contribution in [0.1, 0.15) is 5.56 Å². The first-order valence-corrected chi connectivity index (χ1v) is 10.3. The Balaban J connectivity index is 1.58. The van der Waals surface area contributed by atoms with E-state index in [-0.39, 0.29) is 0 Å². The predicted octanol–water partition coefficient (Wildman–Crippen LogP) is 4.52. The zero-order chi connectivity index (χ0) is 18.1. The molecule has 0 fully saturated rings. The molecule has 0 radical (unpaired) electrons. The number of thiophene rings is 2. The van der Waals surface area contributed by atoms with Crippen molar-refractivity contribution < 1.29 is 4.68 Å². The van der Waals surface area contributed by atoms with Crippen molar-refractivity contribution in [3.05, 3.63) is 102 Å². The van der Waals surface area contributed by atoms with E-state index >= 15 is 0 Å². The molecule has 0 saturated heterocycles. The first-order chi connectivity index (χ1) is 13.4. The molecule has 0 spiro atoms. The van der Waals surface area contributed by atoms with Crippen molar-refractivity contribution in [1.29, 1.82) is 0 Å². The summed E-state index contributed by atoms with van der Waals surface area (Å²) in [6, 6.07) is 22.6. The maximum Gasteiger partial charge on any atom is 0.225 e. The van der Waals surface area contributed by atoms with Crippen molar-refractivity contribution in [1.82, 2.24) is 14.9 Å². The molecule has 4 nitrogen and oxygen atoms in total. The molecule has 0 atom stereocenters. The minimum atomic E-state index is 0.904. The van der Waals surface area contributed by atoms with Crippen molar-refractivity contribution >= 4 is 22.7 Å². The van der Waals surface area contributed by atoms with Gasteiger partial charge in [-0.05, 0) is 11.8 Å². The fraction of sp³-hybridized carbons (Fsp3) is 0. The minimum Gasteiger partial charge on any atom is -0.522 e. The summed E-state index contributed by atoms with van der Waals surface area (Å²) in [6.45, 7) is 0. The highest BCUT2D eigenvalue weighted by atomic mass is 32.1. The predicted molar refractivity (Wildman–Crippen MR) is 108 cm³/mol. The second-order valence-corrected chi connectivity index (χ2v) is 7.83. The van der Waals surface area contributed by atoms with Gasteiger partial charge in [-0.2, -0.15) is 4.68 Å². The summed E-state index contributed by atoms with van der Waals surface area (Å²) in [6.07, 6.45) is 4.88. The molecular formula is C21H15N4S2-. The summed E-state index contributed by atoms with van der Waals surface area (Å²) in [5.74, 6) is 0. The standard InChI is InChI=1S/C21H15N4S2/c1-2-6-16(7-3-1)21(24-12-10-17(22-24)19-8-4-14-26-19)25-13-11-18(23-25)20-9-5-15-27-20/h1-15H/q-1. The molecule has 0 amide bonds. The summed E-state index contributed by atoms with van der Waals surface area (Å²) in [7, 11) is 0. The Morgan fingerprint density at radius 3 is 2.44 bits per heavy atom. The van der Waals surface area contributed by atoms with Crippen molar-refractivity contribution in [2.75, 3.05) is 0 Å². The maximum absolute atomic E-state index is 4.81. The van der Waals surface area contributed by atoms with Gasteiger partial charge < -0.3 is 9.78 Å². The maximum atomic E-state index is 4.81. The Morgan fingerprint density at radius 2 is 1.70 bits per heavy atom. The number of aromatic nitrogens is 4. The van der Waals surface area contributed by atoms with Gasteiger partial charge in [0.05, 0.1) is 16.5 Å². The van der Waals surface area contributed by atoms with E-state index in [1.54, 1.807) is 22.7 Å². The van der Waals surface area contributed by atoms with E-state index < -0.39 is 0 Å². The number of hydrogen-bond donors (Lipinski definition) is 0. The molecular weight excluding hydrogens is 372 g/mol. The first-order valence-electron chi connectivity index (χ1n) is 8.51. The van der Waals surface area contributed by atoms with Crippen LogP contribution >= 0.6 is 22.7 Å². The molecule has 132 valence electrons. The number of benzene rings is 1. The first kappa shape index (κ1) is 16.1. The molecule has 0 aliphatic heterocycles. The largest absolute Gasteiger partial charge is 0.522 e. The zero-order valence-corrected chi connectivity index (χ0v) is 15.9. The topological polar surface area (TPSA) is 35.8 Å². The summed E-state index contributed by atoms with van der Waals surface area (Å²) in [5.41, 5.74) is 2.98. The molecule has 0 N–H and O–H groups in total. The Kier molecular flexibility index (Phi) is 4.12. The van der Waals surface area contributed by atoms with Crippen molar-refractivity contribution in [3.63, 3.8) is 0 Å². The lowest BCUT2D eigenvalue weighted by molar-refractivity contribution is -0.717. The van der Waals surface area contributed by atoms with Crippen LogP contribution < -0.4 is 9.78 Å². The van der Waals surface area contributed by atoms with Crippen LogP contribution in [0.25, 0.3) is 21.1 Å². The molecule has 6 heteroatoms. The quantitative estimate of drug-likeness (QED) is 0.253. The SMILES string of the molecule is c1ccc([C-](n2ccc(-[c-]3ccc[s+]3)n2)[n+]2ccc(-[c-]3ccc[s+]3)[n-]2)cc1. The van der Waals surface area contributed by atoms with E-state index in [0.29, 0.717) is 0 Å². The number of hydrogen-bond acceptors (Lipinski definition) is 1. The molecule has 4 aromatic heterocycles. The van der Waals surface area contributed by atoms with Crippen molar-refractivity contribution in [2.45, 2.75) is 0 Å². The highest BCUT2D eigenvalue weighted by Crippen LogP contribution is 2.25. The third-order valence-electron chi connectivity index (χ3n) is 4.19. The lowest BCUT2D eigenvalue weighted by Gasteiger charge is -2.22. The number of nitrogens with zero attached hydrogens (tertiary/aromatic N) is 4. The smallest absolute Gasteiger partial charge is 0.225 e. The third kappa shape index (κ3) is 3.09. The van der Waals surface area contributed by atoms with Crippen LogP contribution in [0.5, 0.6) is 0 Å². The molecule has 0 bridgehead atoms. The Labute approximate surface area is 165 Å². The summed E-state index contributed by atoms with van der Waals surface area (Å²) in [4.78, 5) is 2.31. The molecule has 0 aliphatic rings. The Morgan fingerprint density at radius 1 is 0.926 bits per heavy atom. The lowest BCUT2D eigenvalue weighted by Crippen LogP contribution is -2.48. The third-order valence-corrected chi connectivity index (χ3v) is 5.98. The highest BCUT2D eigenvalue weighted by Gasteiger charge is 2.18. The lowest BCUT2D eigenvalue weighted by atomic mass is 10.2. The van der Waals surface area contributed by atoms with E-state index in [1.807, 2.05) is 64.2 Å². The van der Waals surface area contributed by atoms with Crippen LogP contribution in [-0.4, -0.2) is 9.78 Å². The van der Waals surface area contributed by atoms with E-state index in [0.717, 1.165) is 32.9 Å². The summed E-state index contributed by atoms with van der Waals surface area (Å²) < 4.78 is 3.80. The van der Waals surface area contributed by atoms with Gasteiger partial charge >= 0.3 is 0 Å². The van der Waals surface area contributed by atoms with Gasteiger partial charge in [-0.1, -0.05) is 36.4 Å². The van der Waals surface area contributed by atoms with Crippen LogP contribution in [0.15, 0.2) is 89.9 Å². The van der Waals surface area contributed by atoms with Crippen molar-refractivity contribution in [3.8, 4) is 21.1 Å². The van der Waals surface area contributed by atoms with Crippen LogP contribution in [0, 0.1) is 6.17 Å². The van der Waals surface area contributed by atoms with Gasteiger partial charge in [-0.25, -0.2) is 0 Å². The van der Waals surface area contributed by atoms with Gasteiger partial charge in [0.25, 0.3) is 0 Å². The molecule has 0 saturated carbocycles. The highest BCUT2D eigenvalue weighted by molar-refractivity contribution is 7.13. The van der Waals surface area contributed by atoms with E-state index in [1.165, 1.54) is 0 Å². The summed E-state index contributed by atoms with van der Waals surface area (Å²) >= 11 is 3.38. The average molecular weight is 388 g/mol. The van der Waals surface area contributed by atoms with Gasteiger partial charge in [0.1, 0.15) is 27.6 Å². The monoisotopic (exact) mass is 387 g/mol. The average Bonchev–Trinajstić information content (AvgIpc) is 3.50. The Hall–Kier alpha value is -3.09. The Bertz CT molecular complexity index is 1050. The molecule has 4 heterocycles. The minimum absolute atomic E-state index is 0.904. The van der Waals surface area contributed by atoms with Crippen LogP contribution in [0.2, 0.25) is 0 Å². The molecule has 1 aromatic carbocycles. The summed E-state index contributed by atoms with van der Waals surface area (Å²) in [5, 5.41) is 13.8. The van der Waals surface area contributed by atoms with E-state index in [4.69, 9.17) is 10.2 Å². The molecule has 0 unspecified atom stereocenters. The fourth-order valence-corrected chi connectivity index (χ4v) is 4.33. The van der Waals surface area contributed by atoms with Gasteiger partial charge in [-0.15, -0.1) is 41.1 Å². The number of rotatable bonds is 5. The van der Waals surface area contributed by atoms with Gasteiger partial charge in [0.15, 0.2) is 4.88 Å². The van der Waals surface area contributed by atoms with Gasteiger partial charge in [0, 0.05) is 6.20 Å². The van der Waals surface area contributed by atoms with E-state index in [2.05, 4.69) is 35.0 Å². The molecule has 27 heavy (non-hydrogen) atoms. The van der Waals surface area contributed by atoms with Gasteiger partial charge in [-0.3, -0.25) is 0 Å². The zero-order valence-electron chi connectivity index (χ0n) is 14.3.